The number of anilines is 1. The molecule has 168 valence electrons. The van der Waals surface area contributed by atoms with Gasteiger partial charge in [0, 0.05) is 40.0 Å². The molecular weight excluding hydrogens is 420 g/mol. The fraction of sp³-hybridized carbons (Fsp3) is 0.619. The van der Waals surface area contributed by atoms with Crippen molar-refractivity contribution in [3.8, 4) is 10.8 Å². The molecule has 4 rings (SSSR count). The van der Waals surface area contributed by atoms with Crippen LogP contribution < -0.4 is 4.90 Å². The lowest BCUT2D eigenvalue weighted by Crippen LogP contribution is -2.53. The van der Waals surface area contributed by atoms with E-state index in [4.69, 9.17) is 14.0 Å². The third kappa shape index (κ3) is 4.74. The van der Waals surface area contributed by atoms with Crippen LogP contribution in [0.3, 0.4) is 0 Å². The molecule has 2 aliphatic heterocycles. The van der Waals surface area contributed by atoms with Crippen LogP contribution in [0.15, 0.2) is 22.0 Å². The molecule has 2 fully saturated rings. The highest BCUT2D eigenvalue weighted by Gasteiger charge is 2.48. The van der Waals surface area contributed by atoms with E-state index in [1.54, 1.807) is 30.1 Å². The van der Waals surface area contributed by atoms with Crippen LogP contribution in [0.5, 0.6) is 0 Å². The number of amides is 1. The Hall–Kier alpha value is -2.46. The average molecular weight is 449 g/mol. The van der Waals surface area contributed by atoms with E-state index >= 15 is 0 Å². The second-order valence-electron chi connectivity index (χ2n) is 8.78. The first-order chi connectivity index (χ1) is 14.7. The van der Waals surface area contributed by atoms with Gasteiger partial charge in [-0.1, -0.05) is 19.9 Å². The molecule has 1 amide bonds. The molecule has 10 heteroatoms. The zero-order chi connectivity index (χ0) is 22.2. The van der Waals surface area contributed by atoms with Crippen LogP contribution >= 0.6 is 11.3 Å². The van der Waals surface area contributed by atoms with Crippen LogP contribution in [0.25, 0.3) is 10.8 Å². The van der Waals surface area contributed by atoms with E-state index in [1.165, 1.54) is 0 Å². The van der Waals surface area contributed by atoms with Crippen molar-refractivity contribution in [2.24, 2.45) is 11.8 Å². The minimum Gasteiger partial charge on any atom is -0.432 e. The SMILES string of the molecule is CC(C)C[C@H](C(=O)N1CCN(c2noc(-c3cccs3)n2)CC1)[C@@H]1OC(C)(C)OC1=O. The molecule has 2 aromatic rings. The predicted molar refractivity (Wildman–Crippen MR) is 114 cm³/mol. The monoisotopic (exact) mass is 448 g/mol. The number of carbonyl (C=O) groups excluding carboxylic acids is 2. The first kappa shape index (κ1) is 21.8. The summed E-state index contributed by atoms with van der Waals surface area (Å²) in [7, 11) is 0. The number of thiophene rings is 1. The van der Waals surface area contributed by atoms with Gasteiger partial charge in [-0.05, 0) is 28.9 Å². The number of hydrogen-bond acceptors (Lipinski definition) is 9. The standard InChI is InChI=1S/C21H28N4O5S/c1-13(2)12-14(16-19(27)29-21(3,4)28-16)18(26)24-7-9-25(10-8-24)20-22-17(30-23-20)15-6-5-11-31-15/h5-6,11,13-14,16H,7-10,12H2,1-4H3/t14-,16-/m0/s1. The normalized spacial score (nSPS) is 22.1. The smallest absolute Gasteiger partial charge is 0.338 e. The molecule has 0 bridgehead atoms. The molecule has 0 spiro atoms. The van der Waals surface area contributed by atoms with Gasteiger partial charge in [-0.3, -0.25) is 4.79 Å². The highest BCUT2D eigenvalue weighted by molar-refractivity contribution is 7.13. The van der Waals surface area contributed by atoms with Crippen molar-refractivity contribution < 1.29 is 23.6 Å². The Labute approximate surface area is 185 Å². The fourth-order valence-electron chi connectivity index (χ4n) is 3.99. The van der Waals surface area contributed by atoms with Crippen molar-refractivity contribution in [3.05, 3.63) is 17.5 Å². The van der Waals surface area contributed by atoms with E-state index in [-0.39, 0.29) is 11.8 Å². The van der Waals surface area contributed by atoms with E-state index < -0.39 is 23.8 Å². The Morgan fingerprint density at radius 3 is 2.61 bits per heavy atom. The number of aromatic nitrogens is 2. The predicted octanol–water partition coefficient (Wildman–Crippen LogP) is 2.79. The molecule has 4 heterocycles. The summed E-state index contributed by atoms with van der Waals surface area (Å²) in [6.45, 7) is 9.65. The molecule has 0 saturated carbocycles. The molecular formula is C21H28N4O5S. The summed E-state index contributed by atoms with van der Waals surface area (Å²) in [6, 6.07) is 3.87. The van der Waals surface area contributed by atoms with E-state index in [9.17, 15) is 9.59 Å². The lowest BCUT2D eigenvalue weighted by Gasteiger charge is -2.36. The summed E-state index contributed by atoms with van der Waals surface area (Å²) in [4.78, 5) is 34.9. The largest absolute Gasteiger partial charge is 0.432 e. The minimum atomic E-state index is -1.01. The van der Waals surface area contributed by atoms with Crippen LogP contribution in [0.2, 0.25) is 0 Å². The highest BCUT2D eigenvalue weighted by atomic mass is 32.1. The van der Waals surface area contributed by atoms with E-state index in [0.717, 1.165) is 4.88 Å². The summed E-state index contributed by atoms with van der Waals surface area (Å²) >= 11 is 1.54. The van der Waals surface area contributed by atoms with Crippen molar-refractivity contribution in [1.82, 2.24) is 15.0 Å². The van der Waals surface area contributed by atoms with E-state index in [1.807, 2.05) is 36.3 Å². The Balaban J connectivity index is 1.41. The molecule has 9 nitrogen and oxygen atoms in total. The molecule has 2 saturated heterocycles. The summed E-state index contributed by atoms with van der Waals surface area (Å²) in [5, 5.41) is 6.05. The van der Waals surface area contributed by atoms with Gasteiger partial charge in [-0.15, -0.1) is 11.3 Å². The molecule has 0 aliphatic carbocycles. The van der Waals surface area contributed by atoms with Gasteiger partial charge in [-0.25, -0.2) is 4.79 Å². The molecule has 2 atom stereocenters. The van der Waals surface area contributed by atoms with Crippen LogP contribution in [-0.2, 0) is 19.1 Å². The number of nitrogens with zero attached hydrogens (tertiary/aromatic N) is 4. The van der Waals surface area contributed by atoms with Gasteiger partial charge in [0.15, 0.2) is 6.10 Å². The van der Waals surface area contributed by atoms with Gasteiger partial charge >= 0.3 is 5.97 Å². The van der Waals surface area contributed by atoms with Crippen molar-refractivity contribution in [3.63, 3.8) is 0 Å². The van der Waals surface area contributed by atoms with Crippen LogP contribution in [-0.4, -0.2) is 65.0 Å². The Kier molecular flexibility index (Phi) is 6.02. The number of carbonyl (C=O) groups is 2. The second kappa shape index (κ2) is 8.58. The first-order valence-electron chi connectivity index (χ1n) is 10.6. The summed E-state index contributed by atoms with van der Waals surface area (Å²) < 4.78 is 16.5. The Morgan fingerprint density at radius 1 is 1.29 bits per heavy atom. The first-order valence-corrected chi connectivity index (χ1v) is 11.4. The molecule has 31 heavy (non-hydrogen) atoms. The Bertz CT molecular complexity index is 918. The minimum absolute atomic E-state index is 0.0691. The number of cyclic esters (lactones) is 1. The maximum Gasteiger partial charge on any atom is 0.338 e. The molecule has 0 aromatic carbocycles. The van der Waals surface area contributed by atoms with Crippen LogP contribution in [0, 0.1) is 11.8 Å². The van der Waals surface area contributed by atoms with Gasteiger partial charge in [0.05, 0.1) is 10.8 Å². The molecule has 2 aromatic heterocycles. The molecule has 0 unspecified atom stereocenters. The topological polar surface area (TPSA) is 98.0 Å². The fourth-order valence-corrected chi connectivity index (χ4v) is 4.64. The number of ether oxygens (including phenoxy) is 2. The zero-order valence-electron chi connectivity index (χ0n) is 18.2. The van der Waals surface area contributed by atoms with Crippen molar-refractivity contribution in [2.75, 3.05) is 31.1 Å². The maximum atomic E-state index is 13.4. The van der Waals surface area contributed by atoms with Crippen LogP contribution in [0.1, 0.15) is 34.1 Å². The van der Waals surface area contributed by atoms with Crippen LogP contribution in [0.4, 0.5) is 5.95 Å². The third-order valence-electron chi connectivity index (χ3n) is 5.42. The summed E-state index contributed by atoms with van der Waals surface area (Å²) in [6.07, 6.45) is -0.308. The van der Waals surface area contributed by atoms with E-state index in [2.05, 4.69) is 10.1 Å². The van der Waals surface area contributed by atoms with Gasteiger partial charge < -0.3 is 23.8 Å². The number of piperazine rings is 1. The van der Waals surface area contributed by atoms with Crippen molar-refractivity contribution in [1.29, 1.82) is 0 Å². The van der Waals surface area contributed by atoms with Gasteiger partial charge in [0.2, 0.25) is 11.7 Å². The summed E-state index contributed by atoms with van der Waals surface area (Å²) in [5.74, 6) is -0.828. The average Bonchev–Trinajstić information content (AvgIpc) is 3.45. The highest BCUT2D eigenvalue weighted by Crippen LogP contribution is 2.32. The van der Waals surface area contributed by atoms with Gasteiger partial charge in [0.1, 0.15) is 0 Å². The number of rotatable bonds is 6. The van der Waals surface area contributed by atoms with Gasteiger partial charge in [0.25, 0.3) is 11.8 Å². The van der Waals surface area contributed by atoms with Gasteiger partial charge in [-0.2, -0.15) is 4.98 Å². The molecule has 0 N–H and O–H groups in total. The van der Waals surface area contributed by atoms with Crippen molar-refractivity contribution >= 4 is 29.2 Å². The number of hydrogen-bond donors (Lipinski definition) is 0. The van der Waals surface area contributed by atoms with E-state index in [0.29, 0.717) is 44.4 Å². The molecule has 2 aliphatic rings. The molecule has 0 radical (unpaired) electrons. The van der Waals surface area contributed by atoms with Crippen molar-refractivity contribution in [2.45, 2.75) is 46.0 Å². The lowest BCUT2D eigenvalue weighted by atomic mass is 9.90. The Morgan fingerprint density at radius 2 is 2.03 bits per heavy atom. The summed E-state index contributed by atoms with van der Waals surface area (Å²) in [5.41, 5.74) is 0. The number of esters is 1. The maximum absolute atomic E-state index is 13.4. The second-order valence-corrected chi connectivity index (χ2v) is 9.73. The third-order valence-corrected chi connectivity index (χ3v) is 6.28. The quantitative estimate of drug-likeness (QED) is 0.622. The lowest BCUT2D eigenvalue weighted by molar-refractivity contribution is -0.163. The zero-order valence-corrected chi connectivity index (χ0v) is 19.1.